The van der Waals surface area contributed by atoms with Crippen LogP contribution in [0.2, 0.25) is 0 Å². The first-order valence-corrected chi connectivity index (χ1v) is 6.73. The number of nitrogens with zero attached hydrogens (tertiary/aromatic N) is 2. The molecule has 4 heteroatoms. The van der Waals surface area contributed by atoms with Crippen molar-refractivity contribution in [1.82, 2.24) is 9.97 Å². The minimum atomic E-state index is -0.387. The molecule has 0 unspecified atom stereocenters. The first-order chi connectivity index (χ1) is 9.63. The molecular formula is C16H18N2O2. The molecule has 1 heterocycles. The quantitative estimate of drug-likeness (QED) is 0.798. The van der Waals surface area contributed by atoms with Crippen LogP contribution in [0.3, 0.4) is 0 Å². The minimum absolute atomic E-state index is 0.203. The van der Waals surface area contributed by atoms with Gasteiger partial charge in [0.1, 0.15) is 11.4 Å². The van der Waals surface area contributed by atoms with Gasteiger partial charge in [0.05, 0.1) is 12.3 Å². The number of benzene rings is 1. The van der Waals surface area contributed by atoms with Crippen molar-refractivity contribution in [2.45, 2.75) is 26.7 Å². The number of esters is 1. The summed E-state index contributed by atoms with van der Waals surface area (Å²) in [6.45, 7) is 6.16. The summed E-state index contributed by atoms with van der Waals surface area (Å²) in [4.78, 5) is 20.8. The molecule has 0 amide bonds. The third kappa shape index (κ3) is 3.02. The van der Waals surface area contributed by atoms with Crippen LogP contribution < -0.4 is 0 Å². The van der Waals surface area contributed by atoms with E-state index in [9.17, 15) is 4.79 Å². The summed E-state index contributed by atoms with van der Waals surface area (Å²) < 4.78 is 5.07. The molecule has 0 aliphatic carbocycles. The molecule has 2 aromatic rings. The Morgan fingerprint density at radius 2 is 1.95 bits per heavy atom. The van der Waals surface area contributed by atoms with Gasteiger partial charge in [-0.1, -0.05) is 44.2 Å². The second-order valence-electron chi connectivity index (χ2n) is 4.73. The Hall–Kier alpha value is -2.23. The zero-order valence-corrected chi connectivity index (χ0v) is 12.0. The maximum Gasteiger partial charge on any atom is 0.341 e. The molecule has 0 spiro atoms. The second-order valence-corrected chi connectivity index (χ2v) is 4.73. The average Bonchev–Trinajstić information content (AvgIpc) is 2.47. The van der Waals surface area contributed by atoms with Gasteiger partial charge in [0, 0.05) is 17.7 Å². The van der Waals surface area contributed by atoms with E-state index < -0.39 is 0 Å². The van der Waals surface area contributed by atoms with E-state index in [-0.39, 0.29) is 11.9 Å². The highest BCUT2D eigenvalue weighted by molar-refractivity contribution is 5.95. The lowest BCUT2D eigenvalue weighted by molar-refractivity contribution is 0.0526. The molecule has 0 saturated carbocycles. The fourth-order valence-electron chi connectivity index (χ4n) is 1.85. The van der Waals surface area contributed by atoms with Gasteiger partial charge >= 0.3 is 5.97 Å². The molecule has 104 valence electrons. The van der Waals surface area contributed by atoms with E-state index >= 15 is 0 Å². The van der Waals surface area contributed by atoms with Crippen molar-refractivity contribution in [3.63, 3.8) is 0 Å². The van der Waals surface area contributed by atoms with E-state index in [0.717, 1.165) is 11.4 Å². The highest BCUT2D eigenvalue weighted by Gasteiger charge is 2.17. The van der Waals surface area contributed by atoms with Gasteiger partial charge in [-0.05, 0) is 6.92 Å². The second kappa shape index (κ2) is 6.28. The molecule has 1 aromatic carbocycles. The Balaban J connectivity index is 2.54. The molecule has 0 atom stereocenters. The van der Waals surface area contributed by atoms with E-state index in [4.69, 9.17) is 4.74 Å². The normalized spacial score (nSPS) is 10.6. The van der Waals surface area contributed by atoms with Crippen LogP contribution in [0.1, 0.15) is 42.9 Å². The highest BCUT2D eigenvalue weighted by Crippen LogP contribution is 2.23. The van der Waals surface area contributed by atoms with E-state index in [2.05, 4.69) is 9.97 Å². The molecule has 0 fully saturated rings. The van der Waals surface area contributed by atoms with E-state index in [1.54, 1.807) is 13.1 Å². The largest absolute Gasteiger partial charge is 0.462 e. The highest BCUT2D eigenvalue weighted by atomic mass is 16.5. The van der Waals surface area contributed by atoms with Gasteiger partial charge in [-0.25, -0.2) is 14.8 Å². The van der Waals surface area contributed by atoms with Crippen LogP contribution in [0.5, 0.6) is 0 Å². The standard InChI is InChI=1S/C16H18N2O2/c1-4-20-16(19)13-10-17-15(11(2)3)18-14(13)12-8-6-5-7-9-12/h5-11H,4H2,1-3H3. The lowest BCUT2D eigenvalue weighted by Gasteiger charge is -2.11. The van der Waals surface area contributed by atoms with Crippen LogP contribution in [0.4, 0.5) is 0 Å². The molecule has 4 nitrogen and oxygen atoms in total. The van der Waals surface area contributed by atoms with Crippen molar-refractivity contribution < 1.29 is 9.53 Å². The van der Waals surface area contributed by atoms with Gasteiger partial charge in [-0.15, -0.1) is 0 Å². The summed E-state index contributed by atoms with van der Waals surface area (Å²) in [5, 5.41) is 0. The lowest BCUT2D eigenvalue weighted by Crippen LogP contribution is -2.10. The Kier molecular flexibility index (Phi) is 4.45. The van der Waals surface area contributed by atoms with Gasteiger partial charge in [0.15, 0.2) is 0 Å². The van der Waals surface area contributed by atoms with Crippen molar-refractivity contribution in [3.05, 3.63) is 47.9 Å². The van der Waals surface area contributed by atoms with E-state index in [1.807, 2.05) is 44.2 Å². The van der Waals surface area contributed by atoms with Gasteiger partial charge in [0.2, 0.25) is 0 Å². The summed E-state index contributed by atoms with van der Waals surface area (Å²) in [5.74, 6) is 0.535. The van der Waals surface area contributed by atoms with Gasteiger partial charge in [0.25, 0.3) is 0 Å². The number of carbonyl (C=O) groups excluding carboxylic acids is 1. The van der Waals surface area contributed by atoms with Gasteiger partial charge in [-0.2, -0.15) is 0 Å². The van der Waals surface area contributed by atoms with E-state index in [0.29, 0.717) is 17.9 Å². The number of aromatic nitrogens is 2. The number of hydrogen-bond donors (Lipinski definition) is 0. The summed E-state index contributed by atoms with van der Waals surface area (Å²) in [6.07, 6.45) is 1.56. The number of rotatable bonds is 4. The molecule has 0 saturated heterocycles. The average molecular weight is 270 g/mol. The van der Waals surface area contributed by atoms with Crippen molar-refractivity contribution in [2.75, 3.05) is 6.61 Å². The van der Waals surface area contributed by atoms with Crippen molar-refractivity contribution >= 4 is 5.97 Å². The monoisotopic (exact) mass is 270 g/mol. The SMILES string of the molecule is CCOC(=O)c1cnc(C(C)C)nc1-c1ccccc1. The fourth-order valence-corrected chi connectivity index (χ4v) is 1.85. The predicted octanol–water partition coefficient (Wildman–Crippen LogP) is 3.44. The Morgan fingerprint density at radius 1 is 1.25 bits per heavy atom. The third-order valence-electron chi connectivity index (χ3n) is 2.87. The lowest BCUT2D eigenvalue weighted by atomic mass is 10.1. The summed E-state index contributed by atoms with van der Waals surface area (Å²) in [5.41, 5.74) is 1.92. The molecule has 2 rings (SSSR count). The number of carbonyl (C=O) groups is 1. The van der Waals surface area contributed by atoms with Gasteiger partial charge < -0.3 is 4.74 Å². The van der Waals surface area contributed by atoms with Crippen molar-refractivity contribution in [2.24, 2.45) is 0 Å². The maximum absolute atomic E-state index is 12.0. The van der Waals surface area contributed by atoms with Crippen LogP contribution in [0.15, 0.2) is 36.5 Å². The predicted molar refractivity (Wildman–Crippen MR) is 77.5 cm³/mol. The Labute approximate surface area is 118 Å². The van der Waals surface area contributed by atoms with Crippen LogP contribution in [-0.4, -0.2) is 22.5 Å². The Morgan fingerprint density at radius 3 is 2.55 bits per heavy atom. The molecule has 0 N–H and O–H groups in total. The third-order valence-corrected chi connectivity index (χ3v) is 2.87. The zero-order valence-electron chi connectivity index (χ0n) is 12.0. The van der Waals surface area contributed by atoms with Crippen LogP contribution >= 0.6 is 0 Å². The molecule has 20 heavy (non-hydrogen) atoms. The van der Waals surface area contributed by atoms with E-state index in [1.165, 1.54) is 0 Å². The van der Waals surface area contributed by atoms with Crippen molar-refractivity contribution in [3.8, 4) is 11.3 Å². The smallest absolute Gasteiger partial charge is 0.341 e. The molecular weight excluding hydrogens is 252 g/mol. The van der Waals surface area contributed by atoms with Crippen LogP contribution in [-0.2, 0) is 4.74 Å². The zero-order chi connectivity index (χ0) is 14.5. The van der Waals surface area contributed by atoms with Crippen LogP contribution in [0.25, 0.3) is 11.3 Å². The first-order valence-electron chi connectivity index (χ1n) is 6.73. The topological polar surface area (TPSA) is 52.1 Å². The molecule has 0 radical (unpaired) electrons. The van der Waals surface area contributed by atoms with Gasteiger partial charge in [-0.3, -0.25) is 0 Å². The first kappa shape index (κ1) is 14.2. The van der Waals surface area contributed by atoms with Crippen LogP contribution in [0, 0.1) is 0 Å². The molecule has 0 aliphatic heterocycles. The number of ether oxygens (including phenoxy) is 1. The minimum Gasteiger partial charge on any atom is -0.462 e. The molecule has 0 bridgehead atoms. The Bertz CT molecular complexity index is 595. The maximum atomic E-state index is 12.0. The number of hydrogen-bond acceptors (Lipinski definition) is 4. The fraction of sp³-hybridized carbons (Fsp3) is 0.312. The summed E-state index contributed by atoms with van der Waals surface area (Å²) in [7, 11) is 0. The van der Waals surface area contributed by atoms with Crippen molar-refractivity contribution in [1.29, 1.82) is 0 Å². The molecule has 0 aliphatic rings. The summed E-state index contributed by atoms with van der Waals surface area (Å²) >= 11 is 0. The molecule has 1 aromatic heterocycles. The summed E-state index contributed by atoms with van der Waals surface area (Å²) in [6, 6.07) is 9.62.